The Kier molecular flexibility index (Phi) is 8.12. The lowest BCUT2D eigenvalue weighted by Crippen LogP contribution is -2.58. The number of carbonyl (C=O) groups is 1. The smallest absolute Gasteiger partial charge is 0.170 e. The molecule has 8 rings (SSSR count). The molecule has 3 heterocycles. The molecule has 0 aromatic heterocycles. The summed E-state index contributed by atoms with van der Waals surface area (Å²) in [6, 6.07) is 0.543. The van der Waals surface area contributed by atoms with Gasteiger partial charge in [-0.05, 0) is 123 Å². The first-order chi connectivity index (χ1) is 22.0. The van der Waals surface area contributed by atoms with Crippen molar-refractivity contribution in [1.29, 1.82) is 0 Å². The van der Waals surface area contributed by atoms with Gasteiger partial charge in [-0.3, -0.25) is 4.90 Å². The molecular weight excluding hydrogens is 582 g/mol. The second-order valence-corrected chi connectivity index (χ2v) is 18.2. The fraction of sp³-hybridized carbons (Fsp3) is 0.974. The highest BCUT2D eigenvalue weighted by atomic mass is 16.7. The van der Waals surface area contributed by atoms with E-state index < -0.39 is 5.60 Å². The molecule has 260 valence electrons. The third-order valence-electron chi connectivity index (χ3n) is 16.0. The van der Waals surface area contributed by atoms with E-state index in [0.717, 1.165) is 63.4 Å². The summed E-state index contributed by atoms with van der Waals surface area (Å²) >= 11 is 0. The molecular formula is C38H61NO7. The fourth-order valence-electron chi connectivity index (χ4n) is 13.4. The maximum atomic E-state index is 11.2. The summed E-state index contributed by atoms with van der Waals surface area (Å²) in [5.41, 5.74) is 1.02. The van der Waals surface area contributed by atoms with Crippen molar-refractivity contribution < 1.29 is 33.2 Å². The van der Waals surface area contributed by atoms with E-state index in [2.05, 4.69) is 39.5 Å². The molecule has 0 radical (unpaired) electrons. The number of hydrogen-bond donors (Lipinski definition) is 0. The highest BCUT2D eigenvalue weighted by Crippen LogP contribution is 2.87. The normalized spacial score (nSPS) is 49.0. The van der Waals surface area contributed by atoms with Crippen LogP contribution in [0, 0.1) is 45.3 Å². The van der Waals surface area contributed by atoms with Crippen LogP contribution < -0.4 is 0 Å². The van der Waals surface area contributed by atoms with Gasteiger partial charge in [0.15, 0.2) is 6.29 Å². The van der Waals surface area contributed by atoms with Crippen LogP contribution in [0.5, 0.6) is 0 Å². The molecule has 3 aliphatic heterocycles. The van der Waals surface area contributed by atoms with Crippen molar-refractivity contribution in [3.63, 3.8) is 0 Å². The van der Waals surface area contributed by atoms with Crippen LogP contribution in [-0.2, 0) is 33.2 Å². The van der Waals surface area contributed by atoms with Gasteiger partial charge in [-0.1, -0.05) is 20.8 Å². The van der Waals surface area contributed by atoms with Crippen molar-refractivity contribution in [3.05, 3.63) is 0 Å². The lowest BCUT2D eigenvalue weighted by molar-refractivity contribution is -0.253. The molecule has 0 amide bonds. The van der Waals surface area contributed by atoms with Gasteiger partial charge in [0, 0.05) is 13.7 Å². The van der Waals surface area contributed by atoms with E-state index in [9.17, 15) is 4.79 Å². The largest absolute Gasteiger partial charge is 0.378 e. The molecule has 0 aromatic carbocycles. The first kappa shape index (κ1) is 32.6. The molecule has 46 heavy (non-hydrogen) atoms. The highest BCUT2D eigenvalue weighted by Gasteiger charge is 2.80. The number of methoxy groups -OCH3 is 1. The van der Waals surface area contributed by atoms with Gasteiger partial charge in [-0.15, -0.1) is 0 Å². The zero-order chi connectivity index (χ0) is 32.1. The van der Waals surface area contributed by atoms with Crippen molar-refractivity contribution in [3.8, 4) is 0 Å². The van der Waals surface area contributed by atoms with E-state index >= 15 is 0 Å². The van der Waals surface area contributed by atoms with Crippen LogP contribution in [0.3, 0.4) is 0 Å². The molecule has 2 spiro atoms. The summed E-state index contributed by atoms with van der Waals surface area (Å²) in [5, 5.41) is 0. The van der Waals surface area contributed by atoms with Crippen LogP contribution in [0.15, 0.2) is 0 Å². The van der Waals surface area contributed by atoms with Gasteiger partial charge >= 0.3 is 0 Å². The van der Waals surface area contributed by atoms with Gasteiger partial charge in [0.25, 0.3) is 0 Å². The Balaban J connectivity index is 0.962. The lowest BCUT2D eigenvalue weighted by Gasteiger charge is -2.60. The van der Waals surface area contributed by atoms with Crippen LogP contribution in [0.4, 0.5) is 0 Å². The van der Waals surface area contributed by atoms with Crippen LogP contribution in [-0.4, -0.2) is 100 Å². The van der Waals surface area contributed by atoms with Crippen molar-refractivity contribution in [2.45, 2.75) is 141 Å². The van der Waals surface area contributed by atoms with Gasteiger partial charge < -0.3 is 33.2 Å². The molecule has 0 aromatic rings. The molecule has 3 saturated heterocycles. The number of fused-ring (bicyclic) bond motifs is 4. The summed E-state index contributed by atoms with van der Waals surface area (Å²) in [6.45, 7) is 16.2. The Morgan fingerprint density at radius 3 is 2.52 bits per heavy atom. The molecule has 12 atom stereocenters. The molecule has 5 aliphatic carbocycles. The number of hydrogen-bond acceptors (Lipinski definition) is 8. The molecule has 8 heteroatoms. The summed E-state index contributed by atoms with van der Waals surface area (Å²) in [6.07, 6.45) is 13.8. The van der Waals surface area contributed by atoms with E-state index in [1.54, 1.807) is 7.11 Å². The van der Waals surface area contributed by atoms with Gasteiger partial charge in [0.2, 0.25) is 0 Å². The second kappa shape index (κ2) is 11.5. The zero-order valence-electron chi connectivity index (χ0n) is 29.5. The zero-order valence-corrected chi connectivity index (χ0v) is 29.5. The number of aldehydes is 1. The average Bonchev–Trinajstić information content (AvgIpc) is 3.58. The standard InChI is InChI=1S/C38H61NO7/c1-34(2)30-10-8-25-27-19-29-26(7-9-28(45-29)33(44-18-16-40)35(3,4)41-6)36(27,5)13-14-37(25)23-38(30,37)12-11-31(34)46-32-20-39(15-17-43-32)24-21-42-22-24/h16,24-33H,7-15,17-23H2,1-6H3/t25?,26?,27?,28?,29?,30?,31-,32?,33-,36?,37-,38+/m0/s1. The van der Waals surface area contributed by atoms with Gasteiger partial charge in [-0.2, -0.15) is 0 Å². The Labute approximate surface area is 277 Å². The number of rotatable bonds is 9. The fourth-order valence-corrected chi connectivity index (χ4v) is 13.4. The molecule has 8 nitrogen and oxygen atoms in total. The summed E-state index contributed by atoms with van der Waals surface area (Å²) in [5.74, 6) is 2.92. The first-order valence-corrected chi connectivity index (χ1v) is 18.8. The molecule has 0 N–H and O–H groups in total. The Hall–Kier alpha value is -0.610. The minimum Gasteiger partial charge on any atom is -0.378 e. The summed E-state index contributed by atoms with van der Waals surface area (Å²) < 4.78 is 37.6. The third-order valence-corrected chi connectivity index (χ3v) is 16.0. The van der Waals surface area contributed by atoms with Crippen molar-refractivity contribution in [2.75, 3.05) is 46.6 Å². The molecule has 8 aliphatic rings. The van der Waals surface area contributed by atoms with Crippen molar-refractivity contribution >= 4 is 6.29 Å². The molecule has 0 bridgehead atoms. The van der Waals surface area contributed by atoms with Crippen LogP contribution >= 0.6 is 0 Å². The number of carbonyl (C=O) groups excluding carboxylic acids is 1. The van der Waals surface area contributed by atoms with E-state index in [1.807, 2.05) is 0 Å². The van der Waals surface area contributed by atoms with Gasteiger partial charge in [0.05, 0.1) is 56.3 Å². The second-order valence-electron chi connectivity index (χ2n) is 18.2. The van der Waals surface area contributed by atoms with E-state index in [-0.39, 0.29) is 42.7 Å². The van der Waals surface area contributed by atoms with E-state index in [1.165, 1.54) is 57.8 Å². The lowest BCUT2D eigenvalue weighted by atomic mass is 9.46. The Morgan fingerprint density at radius 2 is 1.78 bits per heavy atom. The van der Waals surface area contributed by atoms with Crippen LogP contribution in [0.2, 0.25) is 0 Å². The first-order valence-electron chi connectivity index (χ1n) is 18.8. The summed E-state index contributed by atoms with van der Waals surface area (Å²) in [7, 11) is 1.74. The summed E-state index contributed by atoms with van der Waals surface area (Å²) in [4.78, 5) is 13.8. The SMILES string of the molecule is COC(C)(C)[C@@H](OCC=O)C1CCC2C(CC3C4CCC5C(C)(C)[C@@H](OC6CN(C7COC7)CCO6)CC[C@@]56C[C@@]46CCC23C)O1. The topological polar surface area (TPSA) is 75.7 Å². The van der Waals surface area contributed by atoms with Gasteiger partial charge in [-0.25, -0.2) is 0 Å². The van der Waals surface area contributed by atoms with E-state index in [0.29, 0.717) is 28.2 Å². The highest BCUT2D eigenvalue weighted by molar-refractivity contribution is 5.50. The molecule has 8 fully saturated rings. The average molecular weight is 644 g/mol. The maximum absolute atomic E-state index is 11.2. The van der Waals surface area contributed by atoms with E-state index in [4.69, 9.17) is 28.4 Å². The molecule has 8 unspecified atom stereocenters. The Bertz CT molecular complexity index is 1160. The number of ether oxygens (including phenoxy) is 6. The number of nitrogens with zero attached hydrogens (tertiary/aromatic N) is 1. The van der Waals surface area contributed by atoms with Gasteiger partial charge in [0.1, 0.15) is 19.0 Å². The van der Waals surface area contributed by atoms with Crippen molar-refractivity contribution in [2.24, 2.45) is 45.3 Å². The molecule has 5 saturated carbocycles. The monoisotopic (exact) mass is 643 g/mol. The maximum Gasteiger partial charge on any atom is 0.170 e. The number of morpholine rings is 1. The predicted molar refractivity (Wildman–Crippen MR) is 173 cm³/mol. The quantitative estimate of drug-likeness (QED) is 0.299. The Morgan fingerprint density at radius 1 is 0.978 bits per heavy atom. The predicted octanol–water partition coefficient (Wildman–Crippen LogP) is 5.64. The van der Waals surface area contributed by atoms with Crippen molar-refractivity contribution in [1.82, 2.24) is 4.90 Å². The third kappa shape index (κ3) is 4.73. The minimum atomic E-state index is -0.512. The van der Waals surface area contributed by atoms with Crippen LogP contribution in [0.25, 0.3) is 0 Å². The minimum absolute atomic E-state index is 0.0322. The van der Waals surface area contributed by atoms with Crippen LogP contribution in [0.1, 0.15) is 98.8 Å².